The zero-order chi connectivity index (χ0) is 14.8. The average molecular weight is 291 g/mol. The van der Waals surface area contributed by atoms with E-state index < -0.39 is 29.6 Å². The van der Waals surface area contributed by atoms with E-state index in [0.29, 0.717) is 12.1 Å². The summed E-state index contributed by atoms with van der Waals surface area (Å²) in [6, 6.07) is 1.32. The standard InChI is InChI=1S/C13H13ClF2O3/c1-13(2,3)11(17)6-19-12(18)7-4-9(15)10(16)5-8(7)14/h4-5H,6H2,1-3H3. The van der Waals surface area contributed by atoms with Crippen LogP contribution >= 0.6 is 11.6 Å². The van der Waals surface area contributed by atoms with Crippen LogP contribution in [-0.2, 0) is 9.53 Å². The van der Waals surface area contributed by atoms with Gasteiger partial charge in [0.25, 0.3) is 0 Å². The topological polar surface area (TPSA) is 43.4 Å². The van der Waals surface area contributed by atoms with Crippen LogP contribution in [0, 0.1) is 17.0 Å². The summed E-state index contributed by atoms with van der Waals surface area (Å²) >= 11 is 5.61. The second-order valence-corrected chi connectivity index (χ2v) is 5.40. The molecule has 1 rings (SSSR count). The summed E-state index contributed by atoms with van der Waals surface area (Å²) in [5.74, 6) is -3.63. The second-order valence-electron chi connectivity index (χ2n) is 5.00. The first-order valence-electron chi connectivity index (χ1n) is 5.48. The molecule has 0 spiro atoms. The molecule has 1 aromatic carbocycles. The molecule has 19 heavy (non-hydrogen) atoms. The van der Waals surface area contributed by atoms with Crippen molar-refractivity contribution in [1.29, 1.82) is 0 Å². The van der Waals surface area contributed by atoms with Gasteiger partial charge in [-0.15, -0.1) is 0 Å². The second kappa shape index (κ2) is 5.65. The molecule has 0 radical (unpaired) electrons. The highest BCUT2D eigenvalue weighted by Gasteiger charge is 2.24. The molecule has 1 aromatic rings. The lowest BCUT2D eigenvalue weighted by molar-refractivity contribution is -0.129. The molecule has 104 valence electrons. The highest BCUT2D eigenvalue weighted by Crippen LogP contribution is 2.21. The molecular weight excluding hydrogens is 278 g/mol. The van der Waals surface area contributed by atoms with Crippen molar-refractivity contribution in [1.82, 2.24) is 0 Å². The zero-order valence-corrected chi connectivity index (χ0v) is 11.5. The minimum absolute atomic E-state index is 0.271. The van der Waals surface area contributed by atoms with Gasteiger partial charge in [-0.05, 0) is 12.1 Å². The van der Waals surface area contributed by atoms with Crippen molar-refractivity contribution >= 4 is 23.4 Å². The van der Waals surface area contributed by atoms with Gasteiger partial charge in [-0.1, -0.05) is 32.4 Å². The van der Waals surface area contributed by atoms with E-state index in [0.717, 1.165) is 0 Å². The first-order valence-corrected chi connectivity index (χ1v) is 5.85. The first-order chi connectivity index (χ1) is 8.62. The van der Waals surface area contributed by atoms with Gasteiger partial charge in [-0.3, -0.25) is 4.79 Å². The molecule has 0 saturated heterocycles. The number of hydrogen-bond acceptors (Lipinski definition) is 3. The van der Waals surface area contributed by atoms with Crippen LogP contribution in [0.25, 0.3) is 0 Å². The Morgan fingerprint density at radius 2 is 1.74 bits per heavy atom. The maximum absolute atomic E-state index is 13.0. The summed E-state index contributed by atoms with van der Waals surface area (Å²) in [7, 11) is 0. The van der Waals surface area contributed by atoms with E-state index in [1.54, 1.807) is 20.8 Å². The predicted octanol–water partition coefficient (Wildman–Crippen LogP) is 3.39. The number of carbonyl (C=O) groups excluding carboxylic acids is 2. The lowest BCUT2D eigenvalue weighted by atomic mass is 9.91. The van der Waals surface area contributed by atoms with Crippen LogP contribution in [0.1, 0.15) is 31.1 Å². The number of benzene rings is 1. The van der Waals surface area contributed by atoms with Gasteiger partial charge in [0.2, 0.25) is 0 Å². The molecule has 0 unspecified atom stereocenters. The Morgan fingerprint density at radius 3 is 2.26 bits per heavy atom. The molecule has 0 aliphatic rings. The third-order valence-electron chi connectivity index (χ3n) is 2.40. The van der Waals surface area contributed by atoms with Crippen LogP contribution < -0.4 is 0 Å². The van der Waals surface area contributed by atoms with E-state index >= 15 is 0 Å². The van der Waals surface area contributed by atoms with Gasteiger partial charge >= 0.3 is 5.97 Å². The molecule has 0 fully saturated rings. The molecule has 0 aromatic heterocycles. The van der Waals surface area contributed by atoms with Crippen molar-refractivity contribution in [3.63, 3.8) is 0 Å². The quantitative estimate of drug-likeness (QED) is 0.633. The fraction of sp³-hybridized carbons (Fsp3) is 0.385. The highest BCUT2D eigenvalue weighted by atomic mass is 35.5. The van der Waals surface area contributed by atoms with Crippen LogP contribution in [-0.4, -0.2) is 18.4 Å². The van der Waals surface area contributed by atoms with E-state index in [1.807, 2.05) is 0 Å². The Balaban J connectivity index is 2.80. The SMILES string of the molecule is CC(C)(C)C(=O)COC(=O)c1cc(F)c(F)cc1Cl. The largest absolute Gasteiger partial charge is 0.454 e. The summed E-state index contributed by atoms with van der Waals surface area (Å²) in [6.07, 6.45) is 0. The Kier molecular flexibility index (Phi) is 4.63. The van der Waals surface area contributed by atoms with Crippen molar-refractivity contribution in [2.75, 3.05) is 6.61 Å². The fourth-order valence-electron chi connectivity index (χ4n) is 1.10. The highest BCUT2D eigenvalue weighted by molar-refractivity contribution is 6.33. The van der Waals surface area contributed by atoms with Crippen LogP contribution in [0.3, 0.4) is 0 Å². The normalized spacial score (nSPS) is 11.3. The number of rotatable bonds is 3. The Bertz CT molecular complexity index is 521. The van der Waals surface area contributed by atoms with Gasteiger partial charge in [0.15, 0.2) is 24.0 Å². The van der Waals surface area contributed by atoms with E-state index in [1.165, 1.54) is 0 Å². The van der Waals surface area contributed by atoms with Crippen molar-refractivity contribution in [3.05, 3.63) is 34.4 Å². The molecule has 0 amide bonds. The molecule has 0 aliphatic carbocycles. The number of carbonyl (C=O) groups is 2. The van der Waals surface area contributed by atoms with Crippen LogP contribution in [0.15, 0.2) is 12.1 Å². The van der Waals surface area contributed by atoms with E-state index in [4.69, 9.17) is 16.3 Å². The monoisotopic (exact) mass is 290 g/mol. The smallest absolute Gasteiger partial charge is 0.340 e. The summed E-state index contributed by atoms with van der Waals surface area (Å²) < 4.78 is 30.6. The lowest BCUT2D eigenvalue weighted by Crippen LogP contribution is -2.26. The summed E-state index contributed by atoms with van der Waals surface area (Å²) in [5.41, 5.74) is -0.972. The van der Waals surface area contributed by atoms with Gasteiger partial charge in [0.05, 0.1) is 10.6 Å². The lowest BCUT2D eigenvalue weighted by Gasteiger charge is -2.16. The summed E-state index contributed by atoms with van der Waals surface area (Å²) in [4.78, 5) is 23.2. The Morgan fingerprint density at radius 1 is 1.21 bits per heavy atom. The van der Waals surface area contributed by atoms with Gasteiger partial charge in [-0.2, -0.15) is 0 Å². The third kappa shape index (κ3) is 3.99. The van der Waals surface area contributed by atoms with Crippen molar-refractivity contribution < 1.29 is 23.1 Å². The van der Waals surface area contributed by atoms with E-state index in [9.17, 15) is 18.4 Å². The summed E-state index contributed by atoms with van der Waals surface area (Å²) in [5, 5.41) is -0.271. The number of hydrogen-bond donors (Lipinski definition) is 0. The van der Waals surface area contributed by atoms with E-state index in [2.05, 4.69) is 0 Å². The molecular formula is C13H13ClF2O3. The minimum Gasteiger partial charge on any atom is -0.454 e. The molecule has 6 heteroatoms. The van der Waals surface area contributed by atoms with Crippen molar-refractivity contribution in [2.45, 2.75) is 20.8 Å². The first kappa shape index (κ1) is 15.6. The van der Waals surface area contributed by atoms with Crippen LogP contribution in [0.2, 0.25) is 5.02 Å². The molecule has 0 atom stereocenters. The fourth-order valence-corrected chi connectivity index (χ4v) is 1.33. The van der Waals surface area contributed by atoms with Gasteiger partial charge in [-0.25, -0.2) is 13.6 Å². The number of ketones is 1. The maximum atomic E-state index is 13.0. The molecule has 0 saturated carbocycles. The number of halogens is 3. The predicted molar refractivity (Wildman–Crippen MR) is 66.1 cm³/mol. The maximum Gasteiger partial charge on any atom is 0.340 e. The van der Waals surface area contributed by atoms with Crippen molar-refractivity contribution in [3.8, 4) is 0 Å². The van der Waals surface area contributed by atoms with Gasteiger partial charge in [0.1, 0.15) is 0 Å². The number of ether oxygens (including phenoxy) is 1. The number of Topliss-reactive ketones (excluding diaryl/α,β-unsaturated/α-hetero) is 1. The molecule has 0 N–H and O–H groups in total. The molecule has 0 bridgehead atoms. The van der Waals surface area contributed by atoms with Crippen LogP contribution in [0.5, 0.6) is 0 Å². The van der Waals surface area contributed by atoms with E-state index in [-0.39, 0.29) is 16.4 Å². The van der Waals surface area contributed by atoms with Crippen molar-refractivity contribution in [2.24, 2.45) is 5.41 Å². The zero-order valence-electron chi connectivity index (χ0n) is 10.7. The average Bonchev–Trinajstić information content (AvgIpc) is 2.29. The Labute approximate surface area is 114 Å². The molecule has 3 nitrogen and oxygen atoms in total. The summed E-state index contributed by atoms with van der Waals surface area (Å²) in [6.45, 7) is 4.58. The third-order valence-corrected chi connectivity index (χ3v) is 2.71. The van der Waals surface area contributed by atoms with Crippen LogP contribution in [0.4, 0.5) is 8.78 Å². The van der Waals surface area contributed by atoms with Gasteiger partial charge in [0, 0.05) is 5.41 Å². The minimum atomic E-state index is -1.21. The molecule has 0 heterocycles. The van der Waals surface area contributed by atoms with Gasteiger partial charge < -0.3 is 4.74 Å². The molecule has 0 aliphatic heterocycles. The Hall–Kier alpha value is -1.49. The number of esters is 1.